The fourth-order valence-corrected chi connectivity index (χ4v) is 3.36. The third-order valence-corrected chi connectivity index (χ3v) is 4.93. The zero-order chi connectivity index (χ0) is 23.0. The Labute approximate surface area is 180 Å². The van der Waals surface area contributed by atoms with Crippen molar-refractivity contribution < 1.29 is 26.7 Å². The number of carbonyl (C=O) groups excluding carboxylic acids is 1. The zero-order valence-electron chi connectivity index (χ0n) is 16.6. The molecule has 32 heavy (non-hydrogen) atoms. The van der Waals surface area contributed by atoms with E-state index in [0.717, 1.165) is 29.3 Å². The highest BCUT2D eigenvalue weighted by Gasteiger charge is 2.31. The van der Waals surface area contributed by atoms with E-state index in [1.54, 1.807) is 19.1 Å². The molecule has 2 heterocycles. The van der Waals surface area contributed by atoms with Crippen LogP contribution in [-0.2, 0) is 11.0 Å². The monoisotopic (exact) mass is 445 g/mol. The van der Waals surface area contributed by atoms with Gasteiger partial charge >= 0.3 is 6.18 Å². The van der Waals surface area contributed by atoms with Crippen molar-refractivity contribution in [2.24, 2.45) is 5.10 Å². The van der Waals surface area contributed by atoms with E-state index in [4.69, 9.17) is 0 Å². The van der Waals surface area contributed by atoms with Crippen molar-refractivity contribution in [2.75, 3.05) is 0 Å². The molecule has 0 fully saturated rings. The Kier molecular flexibility index (Phi) is 5.41. The Morgan fingerprint density at radius 2 is 1.75 bits per heavy atom. The number of alkyl halides is 3. The number of nitrogens with one attached hydrogen (secondary N) is 1. The van der Waals surface area contributed by atoms with Crippen LogP contribution in [0.3, 0.4) is 0 Å². The lowest BCUT2D eigenvalue weighted by Crippen LogP contribution is -2.48. The molecule has 164 valence electrons. The average Bonchev–Trinajstić information content (AvgIpc) is 2.71. The number of benzene rings is 2. The Bertz CT molecular complexity index is 1190. The summed E-state index contributed by atoms with van der Waals surface area (Å²) < 4.78 is 66.3. The molecule has 0 aromatic heterocycles. The number of allylic oxidation sites excluding steroid dienone is 3. The first-order valence-electron chi connectivity index (χ1n) is 9.51. The Morgan fingerprint density at radius 1 is 1.03 bits per heavy atom. The van der Waals surface area contributed by atoms with Crippen molar-refractivity contribution in [3.63, 3.8) is 0 Å². The molecule has 0 spiro atoms. The lowest BCUT2D eigenvalue weighted by Gasteiger charge is -2.33. The molecular weight excluding hydrogens is 429 g/mol. The molecule has 1 atom stereocenters. The van der Waals surface area contributed by atoms with Crippen molar-refractivity contribution in [3.8, 4) is 0 Å². The highest BCUT2D eigenvalue weighted by atomic mass is 19.4. The van der Waals surface area contributed by atoms with Gasteiger partial charge in [0.25, 0.3) is 5.91 Å². The average molecular weight is 445 g/mol. The molecule has 0 bridgehead atoms. The number of hydrogen-bond donors (Lipinski definition) is 1. The molecular formula is C23H16F5N3O. The SMILES string of the molecule is CC1=N/N2C(=O)C=C(c3ccc(C(F)(F)F)cc3)NC2C=C(c2ccc(F)cc2F)/C=C\1. The first kappa shape index (κ1) is 21.5. The summed E-state index contributed by atoms with van der Waals surface area (Å²) in [5.74, 6) is -2.00. The summed E-state index contributed by atoms with van der Waals surface area (Å²) in [7, 11) is 0. The minimum Gasteiger partial charge on any atom is -0.360 e. The maximum absolute atomic E-state index is 14.4. The minimum absolute atomic E-state index is 0.122. The van der Waals surface area contributed by atoms with Gasteiger partial charge in [0, 0.05) is 23.4 Å². The van der Waals surface area contributed by atoms with Gasteiger partial charge in [-0.15, -0.1) is 0 Å². The molecule has 0 radical (unpaired) electrons. The Morgan fingerprint density at radius 3 is 2.41 bits per heavy atom. The number of carbonyl (C=O) groups is 1. The molecule has 1 amide bonds. The van der Waals surface area contributed by atoms with Gasteiger partial charge in [0.15, 0.2) is 0 Å². The van der Waals surface area contributed by atoms with E-state index in [1.807, 2.05) is 0 Å². The summed E-state index contributed by atoms with van der Waals surface area (Å²) in [6.07, 6.45) is 0.616. The van der Waals surface area contributed by atoms with Crippen molar-refractivity contribution in [1.29, 1.82) is 0 Å². The van der Waals surface area contributed by atoms with Crippen molar-refractivity contribution in [2.45, 2.75) is 19.3 Å². The highest BCUT2D eigenvalue weighted by Crippen LogP contribution is 2.31. The predicted molar refractivity (Wildman–Crippen MR) is 110 cm³/mol. The van der Waals surface area contributed by atoms with E-state index >= 15 is 0 Å². The minimum atomic E-state index is -4.48. The number of nitrogens with zero attached hydrogens (tertiary/aromatic N) is 2. The van der Waals surface area contributed by atoms with Gasteiger partial charge in [-0.2, -0.15) is 18.3 Å². The summed E-state index contributed by atoms with van der Waals surface area (Å²) in [6.45, 7) is 1.65. The third-order valence-electron chi connectivity index (χ3n) is 4.93. The van der Waals surface area contributed by atoms with Crippen LogP contribution in [0.4, 0.5) is 22.0 Å². The molecule has 2 aliphatic rings. The van der Waals surface area contributed by atoms with E-state index < -0.39 is 35.4 Å². The maximum Gasteiger partial charge on any atom is 0.416 e. The molecule has 0 saturated heterocycles. The summed E-state index contributed by atoms with van der Waals surface area (Å²) >= 11 is 0. The zero-order valence-corrected chi connectivity index (χ0v) is 16.6. The largest absolute Gasteiger partial charge is 0.416 e. The standard InChI is InChI=1S/C23H16F5N3O/c1-13-2-3-15(18-9-8-17(24)11-19(18)25)10-21-29-20(12-22(32)31(21)30-13)14-4-6-16(7-5-14)23(26,27)28/h2-12,21,29H,1H3/b3-2-,15-10?,30-13-. The normalized spacial score (nSPS) is 21.3. The van der Waals surface area contributed by atoms with Gasteiger partial charge in [0.1, 0.15) is 17.8 Å². The van der Waals surface area contributed by atoms with Crippen LogP contribution in [0.15, 0.2) is 71.9 Å². The second-order valence-corrected chi connectivity index (χ2v) is 7.23. The van der Waals surface area contributed by atoms with Crippen molar-refractivity contribution in [3.05, 3.63) is 95.1 Å². The van der Waals surface area contributed by atoms with Crippen molar-refractivity contribution in [1.82, 2.24) is 10.3 Å². The molecule has 2 aromatic carbocycles. The number of rotatable bonds is 2. The van der Waals surface area contributed by atoms with Crippen LogP contribution >= 0.6 is 0 Å². The van der Waals surface area contributed by atoms with Gasteiger partial charge in [-0.1, -0.05) is 18.2 Å². The Balaban J connectivity index is 1.73. The van der Waals surface area contributed by atoms with E-state index in [-0.39, 0.29) is 11.3 Å². The van der Waals surface area contributed by atoms with Crippen LogP contribution in [0.5, 0.6) is 0 Å². The quantitative estimate of drug-likeness (QED) is 0.653. The van der Waals surface area contributed by atoms with Crippen LogP contribution in [0, 0.1) is 11.6 Å². The van der Waals surface area contributed by atoms with E-state index in [2.05, 4.69) is 10.4 Å². The van der Waals surface area contributed by atoms with Gasteiger partial charge in [-0.05, 0) is 54.5 Å². The third kappa shape index (κ3) is 4.32. The van der Waals surface area contributed by atoms with Gasteiger partial charge in [-0.3, -0.25) is 4.79 Å². The number of amides is 1. The molecule has 1 unspecified atom stereocenters. The molecule has 0 aliphatic carbocycles. The number of halogens is 5. The summed E-state index contributed by atoms with van der Waals surface area (Å²) in [5, 5.41) is 8.43. The molecule has 2 aromatic rings. The lowest BCUT2D eigenvalue weighted by atomic mass is 10.0. The first-order chi connectivity index (χ1) is 15.1. The predicted octanol–water partition coefficient (Wildman–Crippen LogP) is 5.11. The maximum atomic E-state index is 14.4. The molecule has 4 rings (SSSR count). The smallest absolute Gasteiger partial charge is 0.360 e. The second kappa shape index (κ2) is 8.07. The Hall–Kier alpha value is -3.75. The van der Waals surface area contributed by atoms with E-state index in [0.29, 0.717) is 16.8 Å². The topological polar surface area (TPSA) is 44.7 Å². The van der Waals surface area contributed by atoms with Crippen LogP contribution < -0.4 is 5.32 Å². The fraction of sp³-hybridized carbons (Fsp3) is 0.130. The van der Waals surface area contributed by atoms with Crippen LogP contribution in [-0.4, -0.2) is 22.8 Å². The molecule has 4 nitrogen and oxygen atoms in total. The molecule has 9 heteroatoms. The first-order valence-corrected chi connectivity index (χ1v) is 9.51. The van der Waals surface area contributed by atoms with Gasteiger partial charge in [0.05, 0.1) is 11.3 Å². The van der Waals surface area contributed by atoms with E-state index in [1.165, 1.54) is 30.4 Å². The van der Waals surface area contributed by atoms with Crippen molar-refractivity contribution >= 4 is 22.9 Å². The van der Waals surface area contributed by atoms with Crippen LogP contribution in [0.1, 0.15) is 23.6 Å². The van der Waals surface area contributed by atoms with Gasteiger partial charge in [-0.25, -0.2) is 13.8 Å². The van der Waals surface area contributed by atoms with Crippen LogP contribution in [0.25, 0.3) is 11.3 Å². The van der Waals surface area contributed by atoms with Crippen LogP contribution in [0.2, 0.25) is 0 Å². The summed E-state index contributed by atoms with van der Waals surface area (Å²) in [5.41, 5.74) is 0.809. The highest BCUT2D eigenvalue weighted by molar-refractivity contribution is 6.01. The number of hydrazone groups is 1. The number of hydrogen-bond acceptors (Lipinski definition) is 3. The molecule has 2 aliphatic heterocycles. The molecule has 0 saturated carbocycles. The fourth-order valence-electron chi connectivity index (χ4n) is 3.36. The number of fused-ring (bicyclic) bond motifs is 1. The lowest BCUT2D eigenvalue weighted by molar-refractivity contribution is -0.137. The molecule has 1 N–H and O–H groups in total. The van der Waals surface area contributed by atoms with E-state index in [9.17, 15) is 26.7 Å². The van der Waals surface area contributed by atoms with Gasteiger partial charge in [0.2, 0.25) is 0 Å². The second-order valence-electron chi connectivity index (χ2n) is 7.23. The summed E-state index contributed by atoms with van der Waals surface area (Å²) in [6, 6.07) is 7.53. The summed E-state index contributed by atoms with van der Waals surface area (Å²) in [4.78, 5) is 12.7. The van der Waals surface area contributed by atoms with Gasteiger partial charge < -0.3 is 5.32 Å².